The van der Waals surface area contributed by atoms with Crippen molar-refractivity contribution in [2.75, 3.05) is 23.8 Å². The molecule has 35 heavy (non-hydrogen) atoms. The highest BCUT2D eigenvalue weighted by Crippen LogP contribution is 2.34. The zero-order chi connectivity index (χ0) is 24.2. The van der Waals surface area contributed by atoms with E-state index in [4.69, 9.17) is 9.72 Å². The van der Waals surface area contributed by atoms with Crippen molar-refractivity contribution < 1.29 is 14.6 Å². The highest BCUT2D eigenvalue weighted by Gasteiger charge is 2.30. The van der Waals surface area contributed by atoms with Gasteiger partial charge in [0.25, 0.3) is 0 Å². The number of nitrogens with one attached hydrogen (secondary N) is 2. The summed E-state index contributed by atoms with van der Waals surface area (Å²) < 4.78 is 6.00. The molecule has 1 unspecified atom stereocenters. The largest absolute Gasteiger partial charge is 0.480 e. The van der Waals surface area contributed by atoms with Gasteiger partial charge in [0, 0.05) is 30.7 Å². The van der Waals surface area contributed by atoms with Crippen molar-refractivity contribution in [3.8, 4) is 0 Å². The average molecular weight is 476 g/mol. The number of benzene rings is 1. The minimum absolute atomic E-state index is 0.218. The van der Waals surface area contributed by atoms with Crippen LogP contribution in [0.2, 0.25) is 0 Å². The SMILES string of the molecule is Cc1ccc2ncnc(NC(CCOC3CC(CCc4ccc5c(n4)NCCC5)C3)C(=O)O)c2c1. The number of hydrogen-bond acceptors (Lipinski definition) is 7. The van der Waals surface area contributed by atoms with E-state index in [-0.39, 0.29) is 6.10 Å². The molecule has 8 heteroatoms. The van der Waals surface area contributed by atoms with Crippen LogP contribution < -0.4 is 10.6 Å². The molecule has 2 aliphatic rings. The van der Waals surface area contributed by atoms with Crippen LogP contribution in [0.4, 0.5) is 11.6 Å². The zero-order valence-corrected chi connectivity index (χ0v) is 20.2. The third-order valence-corrected chi connectivity index (χ3v) is 7.11. The summed E-state index contributed by atoms with van der Waals surface area (Å²) in [4.78, 5) is 25.2. The molecule has 184 valence electrons. The Morgan fingerprint density at radius 2 is 2.14 bits per heavy atom. The summed E-state index contributed by atoms with van der Waals surface area (Å²) in [6.45, 7) is 3.41. The fourth-order valence-electron chi connectivity index (χ4n) is 4.97. The molecular weight excluding hydrogens is 442 g/mol. The van der Waals surface area contributed by atoms with Crippen molar-refractivity contribution in [2.45, 2.75) is 64.0 Å². The summed E-state index contributed by atoms with van der Waals surface area (Å²) >= 11 is 0. The van der Waals surface area contributed by atoms with E-state index < -0.39 is 12.0 Å². The van der Waals surface area contributed by atoms with Gasteiger partial charge in [0.05, 0.1) is 11.6 Å². The Bertz CT molecular complexity index is 1190. The highest BCUT2D eigenvalue weighted by atomic mass is 16.5. The van der Waals surface area contributed by atoms with Crippen molar-refractivity contribution in [3.63, 3.8) is 0 Å². The molecule has 1 atom stereocenters. The second-order valence-corrected chi connectivity index (χ2v) is 9.78. The molecule has 1 fully saturated rings. The number of aliphatic carboxylic acids is 1. The summed E-state index contributed by atoms with van der Waals surface area (Å²) in [5.74, 6) is 1.34. The predicted octanol–water partition coefficient (Wildman–Crippen LogP) is 4.37. The Hall–Kier alpha value is -3.26. The molecule has 0 radical (unpaired) electrons. The summed E-state index contributed by atoms with van der Waals surface area (Å²) in [7, 11) is 0. The minimum atomic E-state index is -0.911. The number of anilines is 2. The first kappa shape index (κ1) is 23.5. The molecule has 3 N–H and O–H groups in total. The van der Waals surface area contributed by atoms with Gasteiger partial charge in [0.2, 0.25) is 0 Å². The predicted molar refractivity (Wildman–Crippen MR) is 136 cm³/mol. The zero-order valence-electron chi connectivity index (χ0n) is 20.2. The Morgan fingerprint density at radius 1 is 1.26 bits per heavy atom. The molecule has 5 rings (SSSR count). The van der Waals surface area contributed by atoms with E-state index in [2.05, 4.69) is 32.7 Å². The third kappa shape index (κ3) is 5.70. The normalized spacial score (nSPS) is 19.9. The lowest BCUT2D eigenvalue weighted by atomic mass is 9.79. The molecule has 1 saturated carbocycles. The number of rotatable bonds is 10. The van der Waals surface area contributed by atoms with Gasteiger partial charge in [0.1, 0.15) is 24.0 Å². The van der Waals surface area contributed by atoms with E-state index in [1.807, 2.05) is 25.1 Å². The molecule has 0 spiro atoms. The Kier molecular flexibility index (Phi) is 7.08. The first-order chi connectivity index (χ1) is 17.0. The second-order valence-electron chi connectivity index (χ2n) is 9.78. The van der Waals surface area contributed by atoms with Crippen molar-refractivity contribution in [2.24, 2.45) is 5.92 Å². The molecule has 1 aliphatic carbocycles. The number of carbonyl (C=O) groups is 1. The van der Waals surface area contributed by atoms with Gasteiger partial charge in [-0.05, 0) is 75.1 Å². The van der Waals surface area contributed by atoms with Crippen LogP contribution in [0, 0.1) is 12.8 Å². The molecule has 3 heterocycles. The number of aromatic nitrogens is 3. The lowest BCUT2D eigenvalue weighted by molar-refractivity contribution is -0.138. The summed E-state index contributed by atoms with van der Waals surface area (Å²) in [6, 6.07) is 9.48. The van der Waals surface area contributed by atoms with E-state index in [1.165, 1.54) is 18.3 Å². The Morgan fingerprint density at radius 3 is 3.00 bits per heavy atom. The lowest BCUT2D eigenvalue weighted by Crippen LogP contribution is -2.35. The van der Waals surface area contributed by atoms with Gasteiger partial charge >= 0.3 is 5.97 Å². The van der Waals surface area contributed by atoms with Crippen LogP contribution in [0.1, 0.15) is 48.9 Å². The summed E-state index contributed by atoms with van der Waals surface area (Å²) in [5.41, 5.74) is 4.35. The minimum Gasteiger partial charge on any atom is -0.480 e. The maximum Gasteiger partial charge on any atom is 0.326 e. The monoisotopic (exact) mass is 475 g/mol. The maximum atomic E-state index is 11.9. The molecule has 8 nitrogen and oxygen atoms in total. The average Bonchev–Trinajstić information content (AvgIpc) is 2.84. The van der Waals surface area contributed by atoms with Crippen LogP contribution in [-0.4, -0.2) is 51.3 Å². The van der Waals surface area contributed by atoms with Crippen LogP contribution in [-0.2, 0) is 22.4 Å². The molecular formula is C27H33N5O3. The van der Waals surface area contributed by atoms with Crippen LogP contribution in [0.15, 0.2) is 36.7 Å². The smallest absolute Gasteiger partial charge is 0.326 e. The second kappa shape index (κ2) is 10.6. The number of nitrogens with zero attached hydrogens (tertiary/aromatic N) is 3. The quantitative estimate of drug-likeness (QED) is 0.396. The van der Waals surface area contributed by atoms with E-state index >= 15 is 0 Å². The van der Waals surface area contributed by atoms with Gasteiger partial charge in [-0.3, -0.25) is 0 Å². The highest BCUT2D eigenvalue weighted by molar-refractivity contribution is 5.91. The molecule has 1 aliphatic heterocycles. The van der Waals surface area contributed by atoms with Gasteiger partial charge in [-0.1, -0.05) is 17.7 Å². The molecule has 2 aromatic heterocycles. The van der Waals surface area contributed by atoms with Crippen molar-refractivity contribution in [1.82, 2.24) is 15.0 Å². The van der Waals surface area contributed by atoms with Gasteiger partial charge in [-0.15, -0.1) is 0 Å². The fraction of sp³-hybridized carbons (Fsp3) is 0.481. The molecule has 0 saturated heterocycles. The molecule has 0 bridgehead atoms. The summed E-state index contributed by atoms with van der Waals surface area (Å²) in [6.07, 6.45) is 8.52. The van der Waals surface area contributed by atoms with Crippen LogP contribution in [0.25, 0.3) is 10.9 Å². The van der Waals surface area contributed by atoms with E-state index in [9.17, 15) is 9.90 Å². The van der Waals surface area contributed by atoms with Crippen LogP contribution in [0.3, 0.4) is 0 Å². The number of pyridine rings is 1. The topological polar surface area (TPSA) is 109 Å². The van der Waals surface area contributed by atoms with Gasteiger partial charge in [-0.25, -0.2) is 19.7 Å². The van der Waals surface area contributed by atoms with Crippen LogP contribution in [0.5, 0.6) is 0 Å². The first-order valence-corrected chi connectivity index (χ1v) is 12.6. The molecule has 0 amide bonds. The Labute approximate surface area is 205 Å². The van der Waals surface area contributed by atoms with E-state index in [0.717, 1.165) is 66.6 Å². The number of ether oxygens (including phenoxy) is 1. The van der Waals surface area contributed by atoms with Crippen molar-refractivity contribution in [1.29, 1.82) is 0 Å². The molecule has 3 aromatic rings. The van der Waals surface area contributed by atoms with Crippen molar-refractivity contribution >= 4 is 28.5 Å². The van der Waals surface area contributed by atoms with E-state index in [0.29, 0.717) is 24.8 Å². The lowest BCUT2D eigenvalue weighted by Gasteiger charge is -2.35. The van der Waals surface area contributed by atoms with Gasteiger partial charge in [-0.2, -0.15) is 0 Å². The number of aryl methyl sites for hydroxylation is 3. The summed E-state index contributed by atoms with van der Waals surface area (Å²) in [5, 5.41) is 17.0. The number of carboxylic acid groups (broad SMARTS) is 1. The number of hydrogen-bond donors (Lipinski definition) is 3. The van der Waals surface area contributed by atoms with Crippen LogP contribution >= 0.6 is 0 Å². The van der Waals surface area contributed by atoms with Gasteiger partial charge in [0.15, 0.2) is 0 Å². The molecule has 1 aromatic carbocycles. The van der Waals surface area contributed by atoms with Gasteiger partial charge < -0.3 is 20.5 Å². The standard InChI is InChI=1S/C27H33N5O3/c1-17-4-9-23-22(13-17)26(30-16-29-23)32-24(27(33)34)10-12-35-21-14-18(15-21)5-7-20-8-6-19-3-2-11-28-25(19)31-20/h4,6,8-9,13,16,18,21,24H,2-3,5,7,10-12,14-15H2,1H3,(H,28,31)(H,33,34)(H,29,30,32). The number of fused-ring (bicyclic) bond motifs is 2. The van der Waals surface area contributed by atoms with Crippen molar-refractivity contribution in [3.05, 3.63) is 53.5 Å². The van der Waals surface area contributed by atoms with E-state index in [1.54, 1.807) is 0 Å². The Balaban J connectivity index is 1.06. The first-order valence-electron chi connectivity index (χ1n) is 12.6. The maximum absolute atomic E-state index is 11.9. The number of carboxylic acids is 1. The fourth-order valence-corrected chi connectivity index (χ4v) is 4.97. The third-order valence-electron chi connectivity index (χ3n) is 7.11.